The summed E-state index contributed by atoms with van der Waals surface area (Å²) in [5.74, 6) is -0.0657. The largest absolute Gasteiger partial charge is 0.393 e. The van der Waals surface area contributed by atoms with Gasteiger partial charge in [-0.1, -0.05) is 18.2 Å². The standard InChI is InChI=1S/C16H19N3O2/c1-12-11-14(20)7-9-18(12)16(21)15-8-10-19(17-15)13-5-3-2-4-6-13/h2-6,8,10,12,14,20H,7,9,11H2,1H3/t12-,14-/m1/s1. The first-order chi connectivity index (χ1) is 10.1. The number of nitrogens with zero attached hydrogens (tertiary/aromatic N) is 3. The van der Waals surface area contributed by atoms with Crippen molar-refractivity contribution >= 4 is 5.91 Å². The molecule has 1 aromatic carbocycles. The number of likely N-dealkylation sites (tertiary alicyclic amines) is 1. The highest BCUT2D eigenvalue weighted by Crippen LogP contribution is 2.19. The van der Waals surface area contributed by atoms with Crippen LogP contribution in [0, 0.1) is 0 Å². The van der Waals surface area contributed by atoms with Crippen LogP contribution in [0.5, 0.6) is 0 Å². The van der Waals surface area contributed by atoms with Crippen molar-refractivity contribution in [3.8, 4) is 5.69 Å². The molecule has 1 amide bonds. The second-order valence-corrected chi connectivity index (χ2v) is 5.51. The number of piperidine rings is 1. The summed E-state index contributed by atoms with van der Waals surface area (Å²) in [6.45, 7) is 2.55. The highest BCUT2D eigenvalue weighted by molar-refractivity contribution is 5.92. The van der Waals surface area contributed by atoms with Gasteiger partial charge in [0.25, 0.3) is 5.91 Å². The first kappa shape index (κ1) is 13.8. The fraction of sp³-hybridized carbons (Fsp3) is 0.375. The first-order valence-corrected chi connectivity index (χ1v) is 7.25. The van der Waals surface area contributed by atoms with Crippen molar-refractivity contribution in [2.75, 3.05) is 6.54 Å². The normalized spacial score (nSPS) is 22.3. The van der Waals surface area contributed by atoms with Crippen molar-refractivity contribution in [1.29, 1.82) is 0 Å². The summed E-state index contributed by atoms with van der Waals surface area (Å²) in [7, 11) is 0. The van der Waals surface area contributed by atoms with Gasteiger partial charge in [-0.25, -0.2) is 4.68 Å². The van der Waals surface area contributed by atoms with Crippen LogP contribution < -0.4 is 0 Å². The summed E-state index contributed by atoms with van der Waals surface area (Å²) >= 11 is 0. The van der Waals surface area contributed by atoms with Crippen molar-refractivity contribution in [1.82, 2.24) is 14.7 Å². The highest BCUT2D eigenvalue weighted by atomic mass is 16.3. The quantitative estimate of drug-likeness (QED) is 0.916. The molecular formula is C16H19N3O2. The van der Waals surface area contributed by atoms with E-state index in [1.165, 1.54) is 0 Å². The van der Waals surface area contributed by atoms with Gasteiger partial charge in [0.15, 0.2) is 5.69 Å². The highest BCUT2D eigenvalue weighted by Gasteiger charge is 2.29. The van der Waals surface area contributed by atoms with Crippen molar-refractivity contribution in [3.63, 3.8) is 0 Å². The minimum atomic E-state index is -0.300. The van der Waals surface area contributed by atoms with Gasteiger partial charge < -0.3 is 10.0 Å². The third kappa shape index (κ3) is 2.83. The fourth-order valence-electron chi connectivity index (χ4n) is 2.76. The molecule has 3 rings (SSSR count). The molecule has 2 atom stereocenters. The lowest BCUT2D eigenvalue weighted by Crippen LogP contribution is -2.46. The molecule has 1 N–H and O–H groups in total. The Morgan fingerprint density at radius 2 is 2.05 bits per heavy atom. The number of carbonyl (C=O) groups excluding carboxylic acids is 1. The Morgan fingerprint density at radius 1 is 1.29 bits per heavy atom. The van der Waals surface area contributed by atoms with Crippen molar-refractivity contribution in [2.24, 2.45) is 0 Å². The molecule has 1 aromatic heterocycles. The van der Waals surface area contributed by atoms with E-state index in [1.807, 2.05) is 37.3 Å². The predicted octanol–water partition coefficient (Wildman–Crippen LogP) is 1.86. The molecule has 1 saturated heterocycles. The number of aliphatic hydroxyl groups is 1. The molecular weight excluding hydrogens is 266 g/mol. The molecule has 0 bridgehead atoms. The zero-order valence-electron chi connectivity index (χ0n) is 12.0. The number of hydrogen-bond donors (Lipinski definition) is 1. The van der Waals surface area contributed by atoms with E-state index in [4.69, 9.17) is 0 Å². The molecule has 5 nitrogen and oxygen atoms in total. The maximum absolute atomic E-state index is 12.5. The van der Waals surface area contributed by atoms with Crippen molar-refractivity contribution in [2.45, 2.75) is 31.9 Å². The topological polar surface area (TPSA) is 58.4 Å². The summed E-state index contributed by atoms with van der Waals surface area (Å²) in [5, 5.41) is 14.0. The lowest BCUT2D eigenvalue weighted by Gasteiger charge is -2.35. The number of para-hydroxylation sites is 1. The van der Waals surface area contributed by atoms with Crippen molar-refractivity contribution in [3.05, 3.63) is 48.3 Å². The molecule has 1 aliphatic heterocycles. The lowest BCUT2D eigenvalue weighted by molar-refractivity contribution is 0.0360. The SMILES string of the molecule is C[C@@H]1C[C@H](O)CCN1C(=O)c1ccn(-c2ccccc2)n1. The van der Waals surface area contributed by atoms with E-state index in [2.05, 4.69) is 5.10 Å². The number of aromatic nitrogens is 2. The molecule has 0 spiro atoms. The minimum absolute atomic E-state index is 0.0446. The predicted molar refractivity (Wildman–Crippen MR) is 79.3 cm³/mol. The van der Waals surface area contributed by atoms with Crippen LogP contribution in [0.4, 0.5) is 0 Å². The Hall–Kier alpha value is -2.14. The monoisotopic (exact) mass is 285 g/mol. The molecule has 1 aliphatic rings. The van der Waals surface area contributed by atoms with E-state index in [0.29, 0.717) is 25.1 Å². The maximum atomic E-state index is 12.5. The van der Waals surface area contributed by atoms with Gasteiger partial charge in [0.2, 0.25) is 0 Å². The Morgan fingerprint density at radius 3 is 2.76 bits per heavy atom. The van der Waals surface area contributed by atoms with E-state index in [1.54, 1.807) is 21.8 Å². The lowest BCUT2D eigenvalue weighted by atomic mass is 10.0. The number of carbonyl (C=O) groups is 1. The van der Waals surface area contributed by atoms with Gasteiger partial charge in [-0.15, -0.1) is 0 Å². The van der Waals surface area contributed by atoms with Gasteiger partial charge >= 0.3 is 0 Å². The smallest absolute Gasteiger partial charge is 0.274 e. The van der Waals surface area contributed by atoms with Crippen LogP contribution in [0.1, 0.15) is 30.3 Å². The summed E-state index contributed by atoms with van der Waals surface area (Å²) in [5.41, 5.74) is 1.38. The third-order valence-corrected chi connectivity index (χ3v) is 3.94. The van der Waals surface area contributed by atoms with Crippen LogP contribution >= 0.6 is 0 Å². The number of amides is 1. The van der Waals surface area contributed by atoms with Crippen LogP contribution in [0.15, 0.2) is 42.6 Å². The van der Waals surface area contributed by atoms with E-state index in [-0.39, 0.29) is 18.1 Å². The van der Waals surface area contributed by atoms with Crippen LogP contribution in [-0.4, -0.2) is 44.4 Å². The van der Waals surface area contributed by atoms with Gasteiger partial charge in [-0.2, -0.15) is 5.10 Å². The maximum Gasteiger partial charge on any atom is 0.274 e. The van der Waals surface area contributed by atoms with E-state index in [9.17, 15) is 9.90 Å². The molecule has 110 valence electrons. The van der Waals surface area contributed by atoms with Gasteiger partial charge in [-0.05, 0) is 38.0 Å². The second kappa shape index (κ2) is 5.69. The molecule has 0 radical (unpaired) electrons. The summed E-state index contributed by atoms with van der Waals surface area (Å²) in [4.78, 5) is 14.3. The van der Waals surface area contributed by atoms with Crippen LogP contribution in [0.3, 0.4) is 0 Å². The van der Waals surface area contributed by atoms with Gasteiger partial charge in [0, 0.05) is 18.8 Å². The van der Waals surface area contributed by atoms with Crippen LogP contribution in [-0.2, 0) is 0 Å². The molecule has 1 fully saturated rings. The Balaban J connectivity index is 1.78. The Kier molecular flexibility index (Phi) is 3.75. The Labute approximate surface area is 123 Å². The second-order valence-electron chi connectivity index (χ2n) is 5.51. The summed E-state index contributed by atoms with van der Waals surface area (Å²) in [6.07, 6.45) is 2.76. The van der Waals surface area contributed by atoms with Crippen molar-refractivity contribution < 1.29 is 9.90 Å². The average molecular weight is 285 g/mol. The van der Waals surface area contributed by atoms with E-state index >= 15 is 0 Å². The zero-order valence-corrected chi connectivity index (χ0v) is 12.0. The van der Waals surface area contributed by atoms with Crippen LogP contribution in [0.25, 0.3) is 5.69 Å². The minimum Gasteiger partial charge on any atom is -0.393 e. The molecule has 2 aromatic rings. The summed E-state index contributed by atoms with van der Waals surface area (Å²) in [6, 6.07) is 11.5. The number of aliphatic hydroxyl groups excluding tert-OH is 1. The zero-order chi connectivity index (χ0) is 14.8. The molecule has 0 saturated carbocycles. The van der Waals surface area contributed by atoms with E-state index < -0.39 is 0 Å². The molecule has 5 heteroatoms. The Bertz CT molecular complexity index is 623. The molecule has 21 heavy (non-hydrogen) atoms. The summed E-state index contributed by atoms with van der Waals surface area (Å²) < 4.78 is 1.71. The molecule has 0 unspecified atom stereocenters. The number of benzene rings is 1. The third-order valence-electron chi connectivity index (χ3n) is 3.94. The van der Waals surface area contributed by atoms with Gasteiger partial charge in [0.1, 0.15) is 0 Å². The molecule has 0 aliphatic carbocycles. The average Bonchev–Trinajstić information content (AvgIpc) is 2.97. The van der Waals surface area contributed by atoms with E-state index in [0.717, 1.165) is 5.69 Å². The van der Waals surface area contributed by atoms with Crippen LogP contribution in [0.2, 0.25) is 0 Å². The number of hydrogen-bond acceptors (Lipinski definition) is 3. The van der Waals surface area contributed by atoms with Gasteiger partial charge in [-0.3, -0.25) is 4.79 Å². The van der Waals surface area contributed by atoms with Gasteiger partial charge in [0.05, 0.1) is 11.8 Å². The molecule has 2 heterocycles. The first-order valence-electron chi connectivity index (χ1n) is 7.25. The fourth-order valence-corrected chi connectivity index (χ4v) is 2.76. The number of rotatable bonds is 2.